The molecule has 0 bridgehead atoms. The largest absolute Gasteiger partial charge is 0.359 e. The Balaban J connectivity index is 2.07. The zero-order chi connectivity index (χ0) is 14.0. The van der Waals surface area contributed by atoms with E-state index >= 15 is 0 Å². The molecule has 0 unspecified atom stereocenters. The summed E-state index contributed by atoms with van der Waals surface area (Å²) in [5, 5.41) is 2.62. The van der Waals surface area contributed by atoms with Crippen molar-refractivity contribution in [3.8, 4) is 0 Å². The smallest absolute Gasteiger partial charge is 0.252 e. The highest BCUT2D eigenvalue weighted by molar-refractivity contribution is 7.91. The Hall–Kier alpha value is -0.920. The van der Waals surface area contributed by atoms with Crippen LogP contribution in [-0.4, -0.2) is 38.8 Å². The SMILES string of the molecule is CNC(=O)C1CCN(S(=O)(=O)c2ccc(C)s2)CC1. The second kappa shape index (κ2) is 5.60. The highest BCUT2D eigenvalue weighted by Crippen LogP contribution is 2.28. The Bertz CT molecular complexity index is 557. The van der Waals surface area contributed by atoms with Crippen LogP contribution in [0.15, 0.2) is 16.3 Å². The number of carbonyl (C=O) groups excluding carboxylic acids is 1. The lowest BCUT2D eigenvalue weighted by Gasteiger charge is -2.29. The summed E-state index contributed by atoms with van der Waals surface area (Å²) in [6, 6.07) is 3.47. The zero-order valence-electron chi connectivity index (χ0n) is 11.0. The summed E-state index contributed by atoms with van der Waals surface area (Å²) < 4.78 is 26.6. The second-order valence-electron chi connectivity index (χ2n) is 4.66. The van der Waals surface area contributed by atoms with Crippen molar-refractivity contribution in [2.45, 2.75) is 24.0 Å². The van der Waals surface area contributed by atoms with E-state index in [-0.39, 0.29) is 11.8 Å². The molecule has 2 rings (SSSR count). The van der Waals surface area contributed by atoms with Crippen molar-refractivity contribution < 1.29 is 13.2 Å². The molecule has 0 aliphatic carbocycles. The third-order valence-electron chi connectivity index (χ3n) is 3.38. The number of carbonyl (C=O) groups is 1. The van der Waals surface area contributed by atoms with Crippen molar-refractivity contribution in [2.75, 3.05) is 20.1 Å². The number of nitrogens with one attached hydrogen (secondary N) is 1. The first kappa shape index (κ1) is 14.5. The van der Waals surface area contributed by atoms with Crippen LogP contribution in [0, 0.1) is 12.8 Å². The van der Waals surface area contributed by atoms with Crippen LogP contribution in [0.25, 0.3) is 0 Å². The molecule has 7 heteroatoms. The molecule has 0 spiro atoms. The molecule has 5 nitrogen and oxygen atoms in total. The van der Waals surface area contributed by atoms with Crippen LogP contribution in [-0.2, 0) is 14.8 Å². The third-order valence-corrected chi connectivity index (χ3v) is 6.75. The maximum atomic E-state index is 12.4. The van der Waals surface area contributed by atoms with Gasteiger partial charge in [0, 0.05) is 30.9 Å². The molecule has 1 fully saturated rings. The van der Waals surface area contributed by atoms with Crippen LogP contribution in [0.2, 0.25) is 0 Å². The van der Waals surface area contributed by atoms with Crippen LogP contribution < -0.4 is 5.32 Å². The minimum atomic E-state index is -3.38. The van der Waals surface area contributed by atoms with Crippen molar-refractivity contribution in [1.29, 1.82) is 0 Å². The van der Waals surface area contributed by atoms with Gasteiger partial charge >= 0.3 is 0 Å². The minimum Gasteiger partial charge on any atom is -0.359 e. The zero-order valence-corrected chi connectivity index (χ0v) is 12.7. The normalized spacial score (nSPS) is 18.4. The van der Waals surface area contributed by atoms with Crippen LogP contribution in [0.3, 0.4) is 0 Å². The lowest BCUT2D eigenvalue weighted by molar-refractivity contribution is -0.125. The van der Waals surface area contributed by atoms with Gasteiger partial charge in [-0.25, -0.2) is 8.42 Å². The van der Waals surface area contributed by atoms with Gasteiger partial charge in [0.2, 0.25) is 5.91 Å². The fraction of sp³-hybridized carbons (Fsp3) is 0.583. The van der Waals surface area contributed by atoms with Crippen LogP contribution >= 0.6 is 11.3 Å². The number of hydrogen-bond acceptors (Lipinski definition) is 4. The van der Waals surface area contributed by atoms with Gasteiger partial charge in [-0.15, -0.1) is 11.3 Å². The molecular weight excluding hydrogens is 284 g/mol. The highest BCUT2D eigenvalue weighted by Gasteiger charge is 2.32. The van der Waals surface area contributed by atoms with Crippen molar-refractivity contribution >= 4 is 27.3 Å². The van der Waals surface area contributed by atoms with E-state index in [1.165, 1.54) is 15.6 Å². The topological polar surface area (TPSA) is 66.5 Å². The molecule has 2 heterocycles. The third kappa shape index (κ3) is 2.98. The Kier molecular flexibility index (Phi) is 4.27. The predicted molar refractivity (Wildman–Crippen MR) is 74.6 cm³/mol. The molecule has 0 atom stereocenters. The van der Waals surface area contributed by atoms with Crippen molar-refractivity contribution in [3.63, 3.8) is 0 Å². The number of hydrogen-bond donors (Lipinski definition) is 1. The molecule has 1 aromatic heterocycles. The quantitative estimate of drug-likeness (QED) is 0.912. The van der Waals surface area contributed by atoms with Gasteiger partial charge < -0.3 is 5.32 Å². The van der Waals surface area contributed by atoms with Crippen LogP contribution in [0.4, 0.5) is 0 Å². The standard InChI is InChI=1S/C12H18N2O3S2/c1-9-3-4-11(18-9)19(16,17)14-7-5-10(6-8-14)12(15)13-2/h3-4,10H,5-8H2,1-2H3,(H,13,15). The van der Waals surface area contributed by atoms with E-state index in [0.717, 1.165) is 4.88 Å². The van der Waals surface area contributed by atoms with Gasteiger partial charge in [-0.2, -0.15) is 4.31 Å². The number of nitrogens with zero attached hydrogens (tertiary/aromatic N) is 1. The monoisotopic (exact) mass is 302 g/mol. The van der Waals surface area contributed by atoms with Crippen molar-refractivity contribution in [2.24, 2.45) is 5.92 Å². The summed E-state index contributed by atoms with van der Waals surface area (Å²) in [6.07, 6.45) is 1.17. The number of piperidine rings is 1. The van der Waals surface area contributed by atoms with E-state index in [4.69, 9.17) is 0 Å². The molecule has 106 valence electrons. The number of amides is 1. The van der Waals surface area contributed by atoms with Crippen molar-refractivity contribution in [1.82, 2.24) is 9.62 Å². The van der Waals surface area contributed by atoms with E-state index in [2.05, 4.69) is 5.32 Å². The first-order chi connectivity index (χ1) is 8.95. The highest BCUT2D eigenvalue weighted by atomic mass is 32.2. The minimum absolute atomic E-state index is 0.00372. The molecule has 1 N–H and O–H groups in total. The molecular formula is C12H18N2O3S2. The van der Waals surface area contributed by atoms with E-state index in [1.807, 2.05) is 13.0 Å². The Morgan fingerprint density at radius 2 is 2.00 bits per heavy atom. The van der Waals surface area contributed by atoms with Gasteiger partial charge in [0.25, 0.3) is 10.0 Å². The number of aryl methyl sites for hydroxylation is 1. The first-order valence-electron chi connectivity index (χ1n) is 6.23. The molecule has 1 aliphatic heterocycles. The maximum absolute atomic E-state index is 12.4. The second-order valence-corrected chi connectivity index (χ2v) is 8.11. The van der Waals surface area contributed by atoms with Gasteiger partial charge in [-0.3, -0.25) is 4.79 Å². The Morgan fingerprint density at radius 1 is 1.37 bits per heavy atom. The summed E-state index contributed by atoms with van der Waals surface area (Å²) in [5.74, 6) is -0.0643. The lowest BCUT2D eigenvalue weighted by atomic mass is 9.97. The molecule has 0 radical (unpaired) electrons. The van der Waals surface area contributed by atoms with Gasteiger partial charge in [0.1, 0.15) is 4.21 Å². The molecule has 1 saturated heterocycles. The molecule has 0 saturated carbocycles. The van der Waals surface area contributed by atoms with E-state index in [9.17, 15) is 13.2 Å². The van der Waals surface area contributed by atoms with E-state index < -0.39 is 10.0 Å². The summed E-state index contributed by atoms with van der Waals surface area (Å²) in [7, 11) is -1.77. The first-order valence-corrected chi connectivity index (χ1v) is 8.49. The summed E-state index contributed by atoms with van der Waals surface area (Å²) >= 11 is 1.29. The lowest BCUT2D eigenvalue weighted by Crippen LogP contribution is -2.42. The fourth-order valence-corrected chi connectivity index (χ4v) is 5.15. The molecule has 1 aromatic rings. The maximum Gasteiger partial charge on any atom is 0.252 e. The van der Waals surface area contributed by atoms with Gasteiger partial charge in [0.15, 0.2) is 0 Å². The average Bonchev–Trinajstić information content (AvgIpc) is 2.85. The van der Waals surface area contributed by atoms with Crippen LogP contribution in [0.1, 0.15) is 17.7 Å². The molecule has 19 heavy (non-hydrogen) atoms. The summed E-state index contributed by atoms with van der Waals surface area (Å²) in [5.41, 5.74) is 0. The number of rotatable bonds is 3. The molecule has 0 aromatic carbocycles. The fourth-order valence-electron chi connectivity index (χ4n) is 2.24. The number of sulfonamides is 1. The van der Waals surface area contributed by atoms with E-state index in [1.54, 1.807) is 13.1 Å². The van der Waals surface area contributed by atoms with Crippen molar-refractivity contribution in [3.05, 3.63) is 17.0 Å². The Morgan fingerprint density at radius 3 is 2.47 bits per heavy atom. The average molecular weight is 302 g/mol. The predicted octanol–water partition coefficient (Wildman–Crippen LogP) is 1.20. The molecule has 1 aliphatic rings. The molecule has 1 amide bonds. The number of thiophene rings is 1. The van der Waals surface area contributed by atoms with Gasteiger partial charge in [0.05, 0.1) is 0 Å². The van der Waals surface area contributed by atoms with Gasteiger partial charge in [-0.05, 0) is 31.9 Å². The Labute approximate surface area is 117 Å². The summed E-state index contributed by atoms with van der Waals surface area (Å²) in [6.45, 7) is 2.72. The van der Waals surface area contributed by atoms with Crippen LogP contribution in [0.5, 0.6) is 0 Å². The van der Waals surface area contributed by atoms with E-state index in [0.29, 0.717) is 30.1 Å². The summed E-state index contributed by atoms with van der Waals surface area (Å²) in [4.78, 5) is 12.5. The van der Waals surface area contributed by atoms with Gasteiger partial charge in [-0.1, -0.05) is 0 Å².